The highest BCUT2D eigenvalue weighted by Crippen LogP contribution is 2.31. The number of benzene rings is 4. The molecule has 0 spiro atoms. The van der Waals surface area contributed by atoms with Gasteiger partial charge in [0, 0.05) is 25.2 Å². The van der Waals surface area contributed by atoms with Crippen LogP contribution < -0.4 is 10.6 Å². The van der Waals surface area contributed by atoms with Gasteiger partial charge >= 0.3 is 24.3 Å². The smallest absolute Gasteiger partial charge is 0.433 e. The summed E-state index contributed by atoms with van der Waals surface area (Å²) in [4.78, 5) is 37.4. The van der Waals surface area contributed by atoms with Crippen LogP contribution in [0.15, 0.2) is 109 Å². The lowest BCUT2D eigenvalue weighted by atomic mass is 9.99. The highest BCUT2D eigenvalue weighted by Gasteiger charge is 2.34. The average molecular weight is 829 g/mol. The molecule has 13 nitrogen and oxygen atoms in total. The summed E-state index contributed by atoms with van der Waals surface area (Å²) in [5, 5.41) is 24.3. The van der Waals surface area contributed by atoms with Gasteiger partial charge in [-0.25, -0.2) is 29.5 Å². The second-order valence-corrected chi connectivity index (χ2v) is 12.2. The van der Waals surface area contributed by atoms with Gasteiger partial charge in [0.05, 0.1) is 11.1 Å². The van der Waals surface area contributed by atoms with Crippen LogP contribution in [-0.4, -0.2) is 58.5 Å². The van der Waals surface area contributed by atoms with Crippen molar-refractivity contribution in [3.05, 3.63) is 154 Å². The Morgan fingerprint density at radius 3 is 1.15 bits per heavy atom. The maximum absolute atomic E-state index is 12.8. The molecule has 59 heavy (non-hydrogen) atoms. The van der Waals surface area contributed by atoms with Crippen LogP contribution in [-0.2, 0) is 25.4 Å². The molecule has 6 rings (SSSR count). The summed E-state index contributed by atoms with van der Waals surface area (Å²) >= 11 is 0. The monoisotopic (exact) mass is 828 g/mol. The predicted molar refractivity (Wildman–Crippen MR) is 207 cm³/mol. The van der Waals surface area contributed by atoms with Crippen molar-refractivity contribution >= 4 is 23.6 Å². The Morgan fingerprint density at radius 2 is 0.847 bits per heavy atom. The number of hydrogen-bond acceptors (Lipinski definition) is 8. The van der Waals surface area contributed by atoms with Gasteiger partial charge in [-0.15, -0.1) is 0 Å². The van der Waals surface area contributed by atoms with Crippen molar-refractivity contribution in [3.8, 4) is 22.3 Å². The Balaban J connectivity index is 0.000000387. The van der Waals surface area contributed by atoms with Crippen LogP contribution >= 0.6 is 0 Å². The Kier molecular flexibility index (Phi) is 16.7. The zero-order chi connectivity index (χ0) is 40.6. The van der Waals surface area contributed by atoms with Crippen LogP contribution in [0, 0.1) is 13.8 Å². The van der Waals surface area contributed by atoms with Crippen molar-refractivity contribution in [2.45, 2.75) is 39.3 Å². The van der Waals surface area contributed by atoms with E-state index >= 15 is 0 Å². The van der Waals surface area contributed by atoms with E-state index in [1.807, 2.05) is 0 Å². The summed E-state index contributed by atoms with van der Waals surface area (Å²) < 4.78 is 77.1. The van der Waals surface area contributed by atoms with Crippen molar-refractivity contribution in [2.24, 2.45) is 0 Å². The molecule has 19 heteroatoms. The van der Waals surface area contributed by atoms with E-state index in [0.29, 0.717) is 11.1 Å². The molecule has 6 aromatic rings. The van der Waals surface area contributed by atoms with Crippen molar-refractivity contribution in [2.75, 3.05) is 10.6 Å². The average Bonchev–Trinajstić information content (AvgIpc) is 3.16. The summed E-state index contributed by atoms with van der Waals surface area (Å²) in [6, 6.07) is 29.2. The fourth-order valence-electron chi connectivity index (χ4n) is 5.44. The number of aromatic carboxylic acids is 2. The van der Waals surface area contributed by atoms with E-state index in [2.05, 4.69) is 30.6 Å². The second-order valence-electron chi connectivity index (χ2n) is 12.2. The van der Waals surface area contributed by atoms with Gasteiger partial charge in [0.15, 0.2) is 0 Å². The van der Waals surface area contributed by atoms with Gasteiger partial charge in [0.25, 0.3) is 0 Å². The zero-order valence-corrected chi connectivity index (χ0v) is 31.1. The number of rotatable bonds is 10. The molecular formula is C40H38F6N6O7. The Hall–Kier alpha value is -6.96. The first kappa shape index (κ1) is 48.2. The summed E-state index contributed by atoms with van der Waals surface area (Å²) in [6.45, 7) is 3.31. The lowest BCUT2D eigenvalue weighted by molar-refractivity contribution is -0.142. The molecule has 0 unspecified atom stereocenters. The molecule has 0 bridgehead atoms. The van der Waals surface area contributed by atoms with Crippen LogP contribution in [0.5, 0.6) is 0 Å². The summed E-state index contributed by atoms with van der Waals surface area (Å²) in [5.74, 6) is -1.81. The molecule has 2 heterocycles. The third-order valence-electron chi connectivity index (χ3n) is 8.05. The molecule has 0 radical (unpaired) electrons. The quantitative estimate of drug-likeness (QED) is 0.102. The molecule has 0 amide bonds. The highest BCUT2D eigenvalue weighted by atomic mass is 19.4. The maximum Gasteiger partial charge on any atom is 0.433 e. The Morgan fingerprint density at radius 1 is 0.525 bits per heavy atom. The lowest BCUT2D eigenvalue weighted by Crippen LogP contribution is -2.12. The first-order chi connectivity index (χ1) is 26.5. The van der Waals surface area contributed by atoms with Crippen LogP contribution in [0.25, 0.3) is 22.3 Å². The van der Waals surface area contributed by atoms with Crippen molar-refractivity contribution in [1.82, 2.24) is 19.9 Å². The molecule has 2 aromatic heterocycles. The number of nitrogens with zero attached hydrogens (tertiary/aromatic N) is 4. The fourth-order valence-corrected chi connectivity index (χ4v) is 5.44. The first-order valence-electron chi connectivity index (χ1n) is 16.6. The van der Waals surface area contributed by atoms with E-state index in [0.717, 1.165) is 34.4 Å². The van der Waals surface area contributed by atoms with Crippen LogP contribution in [0.1, 0.15) is 54.9 Å². The summed E-state index contributed by atoms with van der Waals surface area (Å²) in [5.41, 5.74) is 2.67. The van der Waals surface area contributed by atoms with E-state index in [1.165, 1.54) is 26.0 Å². The molecule has 312 valence electrons. The molecule has 0 atom stereocenters. The number of hydrogen-bond donors (Lipinski definition) is 4. The van der Waals surface area contributed by atoms with E-state index in [9.17, 15) is 46.1 Å². The zero-order valence-electron chi connectivity index (χ0n) is 31.1. The summed E-state index contributed by atoms with van der Waals surface area (Å²) in [7, 11) is 0. The molecule has 0 aliphatic rings. The van der Waals surface area contributed by atoms with Crippen LogP contribution in [0.3, 0.4) is 0 Å². The number of aryl methyl sites for hydroxylation is 2. The molecular weight excluding hydrogens is 790 g/mol. The minimum atomic E-state index is -4.54. The van der Waals surface area contributed by atoms with Crippen molar-refractivity contribution < 1.29 is 62.6 Å². The number of carboxylic acid groups (broad SMARTS) is 2. The second kappa shape index (κ2) is 20.5. The standard InChI is InChI=1S/2C20H16F3N3O2.3H2O/c2*1-12-25-17(20(21,22)23)10-18(26-12)24-11-13-6-8-14(9-7-13)15-4-2-3-5-16(15)19(27)28;;;/h2*2-10H,11H2,1H3,(H,27,28)(H,24,25,26);3*1H2. The Bertz CT molecular complexity index is 2180. The van der Waals surface area contributed by atoms with E-state index in [4.69, 9.17) is 0 Å². The van der Waals surface area contributed by atoms with E-state index in [1.54, 1.807) is 84.9 Å². The number of alkyl halides is 6. The van der Waals surface area contributed by atoms with Gasteiger partial charge in [0.2, 0.25) is 0 Å². The number of halogens is 6. The minimum Gasteiger partial charge on any atom is -0.478 e. The number of anilines is 2. The molecule has 0 aliphatic carbocycles. The molecule has 0 aliphatic heterocycles. The number of nitrogens with one attached hydrogen (secondary N) is 2. The van der Waals surface area contributed by atoms with E-state index in [-0.39, 0.29) is 63.9 Å². The molecule has 0 fully saturated rings. The SMILES string of the molecule is Cc1nc(NCc2ccc(-c3ccccc3C(=O)O)cc2)cc(C(F)(F)F)n1.Cc1nc(NCc2ccc(-c3ccccc3C(=O)O)cc2)cc(C(F)(F)F)n1.O.O.O. The van der Waals surface area contributed by atoms with Gasteiger partial charge in [0.1, 0.15) is 34.7 Å². The Labute approximate surface area is 332 Å². The molecule has 0 saturated carbocycles. The van der Waals surface area contributed by atoms with Crippen molar-refractivity contribution in [3.63, 3.8) is 0 Å². The molecule has 10 N–H and O–H groups in total. The largest absolute Gasteiger partial charge is 0.478 e. The van der Waals surface area contributed by atoms with Gasteiger partial charge in [-0.3, -0.25) is 0 Å². The lowest BCUT2D eigenvalue weighted by Gasteiger charge is -2.11. The van der Waals surface area contributed by atoms with Crippen LogP contribution in [0.2, 0.25) is 0 Å². The minimum absolute atomic E-state index is 0. The van der Waals surface area contributed by atoms with Crippen LogP contribution in [0.4, 0.5) is 38.0 Å². The van der Waals surface area contributed by atoms with Gasteiger partial charge < -0.3 is 37.3 Å². The molecule has 4 aromatic carbocycles. The number of carboxylic acids is 2. The van der Waals surface area contributed by atoms with E-state index < -0.39 is 35.7 Å². The van der Waals surface area contributed by atoms with Gasteiger partial charge in [-0.1, -0.05) is 84.9 Å². The van der Waals surface area contributed by atoms with Crippen molar-refractivity contribution in [1.29, 1.82) is 0 Å². The topological polar surface area (TPSA) is 245 Å². The first-order valence-corrected chi connectivity index (χ1v) is 16.6. The third-order valence-corrected chi connectivity index (χ3v) is 8.05. The van der Waals surface area contributed by atoms with Gasteiger partial charge in [-0.05, 0) is 59.4 Å². The maximum atomic E-state index is 12.8. The molecule has 0 saturated heterocycles. The number of carbonyl (C=O) groups is 2. The fraction of sp³-hybridized carbons (Fsp3) is 0.150. The summed E-state index contributed by atoms with van der Waals surface area (Å²) in [6.07, 6.45) is -9.08. The third kappa shape index (κ3) is 13.0. The predicted octanol–water partition coefficient (Wildman–Crippen LogP) is 7.09. The number of aromatic nitrogens is 4. The highest BCUT2D eigenvalue weighted by molar-refractivity contribution is 5.96. The normalized spacial score (nSPS) is 10.7. The van der Waals surface area contributed by atoms with Gasteiger partial charge in [-0.2, -0.15) is 26.3 Å².